The van der Waals surface area contributed by atoms with Crippen molar-refractivity contribution in [3.8, 4) is 0 Å². The van der Waals surface area contributed by atoms with E-state index in [1.54, 1.807) is 18.2 Å². The molecule has 2 aromatic rings. The van der Waals surface area contributed by atoms with Crippen LogP contribution in [-0.2, 0) is 6.18 Å². The number of nitrogens with one attached hydrogen (secondary N) is 1. The Hall–Kier alpha value is -1.15. The molecule has 1 aromatic carbocycles. The fourth-order valence-electron chi connectivity index (χ4n) is 2.00. The molecule has 21 heavy (non-hydrogen) atoms. The van der Waals surface area contributed by atoms with Crippen LogP contribution in [0.1, 0.15) is 22.7 Å². The first kappa shape index (κ1) is 16.2. The molecule has 3 N–H and O–H groups in total. The van der Waals surface area contributed by atoms with Crippen molar-refractivity contribution >= 4 is 27.5 Å². The second kappa shape index (κ2) is 6.31. The van der Waals surface area contributed by atoms with Gasteiger partial charge in [-0.3, -0.25) is 10.8 Å². The summed E-state index contributed by atoms with van der Waals surface area (Å²) in [4.78, 5) is 3.76. The third kappa shape index (κ3) is 3.74. The summed E-state index contributed by atoms with van der Waals surface area (Å²) < 4.78 is 39.9. The van der Waals surface area contributed by atoms with Crippen molar-refractivity contribution in [1.82, 2.24) is 10.4 Å². The van der Waals surface area contributed by atoms with E-state index in [4.69, 9.17) is 17.4 Å². The van der Waals surface area contributed by atoms with Gasteiger partial charge in [-0.2, -0.15) is 13.2 Å². The molecule has 0 amide bonds. The lowest BCUT2D eigenvalue weighted by atomic mass is 9.96. The number of hydrazine groups is 1. The van der Waals surface area contributed by atoms with Crippen LogP contribution in [0.5, 0.6) is 0 Å². The minimum atomic E-state index is -4.50. The van der Waals surface area contributed by atoms with Gasteiger partial charge in [-0.15, -0.1) is 0 Å². The lowest BCUT2D eigenvalue weighted by molar-refractivity contribution is -0.138. The van der Waals surface area contributed by atoms with Crippen LogP contribution in [0.25, 0.3) is 0 Å². The third-order valence-electron chi connectivity index (χ3n) is 2.85. The maximum atomic E-state index is 13.1. The van der Waals surface area contributed by atoms with Crippen molar-refractivity contribution in [3.05, 3.63) is 62.8 Å². The molecule has 0 fully saturated rings. The maximum Gasteiger partial charge on any atom is 0.416 e. The Bertz CT molecular complexity index is 629. The molecule has 0 aliphatic carbocycles. The molecule has 2 rings (SSSR count). The van der Waals surface area contributed by atoms with Gasteiger partial charge >= 0.3 is 6.18 Å². The number of halogens is 5. The Morgan fingerprint density at radius 1 is 1.29 bits per heavy atom. The smallest absolute Gasteiger partial charge is 0.271 e. The number of nitrogens with zero attached hydrogens (tertiary/aromatic N) is 1. The van der Waals surface area contributed by atoms with E-state index < -0.39 is 17.8 Å². The van der Waals surface area contributed by atoms with Crippen LogP contribution >= 0.6 is 27.5 Å². The van der Waals surface area contributed by atoms with Gasteiger partial charge in [0.15, 0.2) is 0 Å². The van der Waals surface area contributed by atoms with Crippen molar-refractivity contribution in [2.24, 2.45) is 5.84 Å². The van der Waals surface area contributed by atoms with Crippen molar-refractivity contribution < 1.29 is 13.2 Å². The predicted octanol–water partition coefficient (Wildman–Crippen LogP) is 4.07. The lowest BCUT2D eigenvalue weighted by Crippen LogP contribution is -2.30. The highest BCUT2D eigenvalue weighted by Gasteiger charge is 2.35. The van der Waals surface area contributed by atoms with Crippen LogP contribution in [0.3, 0.4) is 0 Å². The van der Waals surface area contributed by atoms with Crippen molar-refractivity contribution in [2.75, 3.05) is 0 Å². The van der Waals surface area contributed by atoms with E-state index in [1.807, 2.05) is 0 Å². The largest absolute Gasteiger partial charge is 0.416 e. The third-order valence-corrected chi connectivity index (χ3v) is 3.53. The summed E-state index contributed by atoms with van der Waals surface area (Å²) in [7, 11) is 0. The first-order chi connectivity index (χ1) is 9.82. The van der Waals surface area contributed by atoms with Gasteiger partial charge in [-0.1, -0.05) is 27.5 Å². The number of alkyl halides is 3. The lowest BCUT2D eigenvalue weighted by Gasteiger charge is -2.21. The minimum absolute atomic E-state index is 0.0679. The zero-order valence-electron chi connectivity index (χ0n) is 10.5. The first-order valence-electron chi connectivity index (χ1n) is 5.76. The van der Waals surface area contributed by atoms with Crippen LogP contribution in [0.15, 0.2) is 41.1 Å². The van der Waals surface area contributed by atoms with Gasteiger partial charge in [0.25, 0.3) is 0 Å². The summed E-state index contributed by atoms with van der Waals surface area (Å²) in [6, 6.07) is 4.85. The summed E-state index contributed by atoms with van der Waals surface area (Å²) in [5.41, 5.74) is 2.02. The summed E-state index contributed by atoms with van der Waals surface area (Å²) >= 11 is 9.18. The van der Waals surface area contributed by atoms with E-state index in [-0.39, 0.29) is 5.56 Å². The molecule has 0 saturated heterocycles. The number of hydrogen-bond acceptors (Lipinski definition) is 3. The van der Waals surface area contributed by atoms with Gasteiger partial charge in [-0.25, -0.2) is 5.43 Å². The second-order valence-corrected chi connectivity index (χ2v) is 5.62. The van der Waals surface area contributed by atoms with Crippen molar-refractivity contribution in [1.29, 1.82) is 0 Å². The molecule has 1 unspecified atom stereocenters. The molecule has 0 radical (unpaired) electrons. The highest BCUT2D eigenvalue weighted by molar-refractivity contribution is 9.10. The van der Waals surface area contributed by atoms with Gasteiger partial charge in [0.2, 0.25) is 0 Å². The van der Waals surface area contributed by atoms with Crippen LogP contribution in [0.2, 0.25) is 5.02 Å². The molecular formula is C13H10BrClF3N3. The van der Waals surface area contributed by atoms with Gasteiger partial charge < -0.3 is 0 Å². The second-order valence-electron chi connectivity index (χ2n) is 4.26. The molecular weight excluding hydrogens is 371 g/mol. The summed E-state index contributed by atoms with van der Waals surface area (Å²) in [5, 5.41) is 0.386. The van der Waals surface area contributed by atoms with Crippen LogP contribution < -0.4 is 11.3 Å². The Morgan fingerprint density at radius 3 is 2.57 bits per heavy atom. The Labute approximate surface area is 132 Å². The average Bonchev–Trinajstić information content (AvgIpc) is 2.38. The van der Waals surface area contributed by atoms with Crippen LogP contribution in [-0.4, -0.2) is 4.98 Å². The molecule has 0 aliphatic rings. The molecule has 1 atom stereocenters. The van der Waals surface area contributed by atoms with E-state index >= 15 is 0 Å². The highest BCUT2D eigenvalue weighted by Crippen LogP contribution is 2.36. The Kier molecular flexibility index (Phi) is 4.88. The van der Waals surface area contributed by atoms with Crippen LogP contribution in [0.4, 0.5) is 13.2 Å². The molecule has 1 aromatic heterocycles. The molecule has 3 nitrogen and oxygen atoms in total. The SMILES string of the molecule is NNC(c1cc(Cl)cc(Br)c1)c1cnccc1C(F)(F)F. The zero-order valence-corrected chi connectivity index (χ0v) is 12.8. The minimum Gasteiger partial charge on any atom is -0.271 e. The Morgan fingerprint density at radius 2 is 2.00 bits per heavy atom. The number of pyridine rings is 1. The van der Waals surface area contributed by atoms with E-state index in [0.29, 0.717) is 15.1 Å². The van der Waals surface area contributed by atoms with Crippen molar-refractivity contribution in [2.45, 2.75) is 12.2 Å². The van der Waals surface area contributed by atoms with Gasteiger partial charge in [0, 0.05) is 27.5 Å². The molecule has 0 saturated carbocycles. The molecule has 112 valence electrons. The van der Waals surface area contributed by atoms with E-state index in [2.05, 4.69) is 26.3 Å². The molecule has 0 spiro atoms. The van der Waals surface area contributed by atoms with Gasteiger partial charge in [0.1, 0.15) is 0 Å². The Balaban J connectivity index is 2.57. The fourth-order valence-corrected chi connectivity index (χ4v) is 2.89. The maximum absolute atomic E-state index is 13.1. The summed E-state index contributed by atoms with van der Waals surface area (Å²) in [6.07, 6.45) is -2.26. The highest BCUT2D eigenvalue weighted by atomic mass is 79.9. The van der Waals surface area contributed by atoms with Gasteiger partial charge in [-0.05, 0) is 29.8 Å². The first-order valence-corrected chi connectivity index (χ1v) is 6.93. The normalized spacial score (nSPS) is 13.2. The van der Waals surface area contributed by atoms with E-state index in [1.165, 1.54) is 0 Å². The topological polar surface area (TPSA) is 50.9 Å². The molecule has 0 aliphatic heterocycles. The number of benzene rings is 1. The van der Waals surface area contributed by atoms with Crippen molar-refractivity contribution in [3.63, 3.8) is 0 Å². The molecule has 8 heteroatoms. The quantitative estimate of drug-likeness (QED) is 0.623. The predicted molar refractivity (Wildman–Crippen MR) is 77.6 cm³/mol. The molecule has 0 bridgehead atoms. The number of hydrogen-bond donors (Lipinski definition) is 2. The standard InChI is InChI=1S/C13H10BrClF3N3/c14-8-3-7(4-9(15)5-8)12(21-19)10-6-20-2-1-11(10)13(16,17)18/h1-6,12,21H,19H2. The van der Waals surface area contributed by atoms with Crippen LogP contribution in [0, 0.1) is 0 Å². The van der Waals surface area contributed by atoms with E-state index in [9.17, 15) is 13.2 Å². The summed E-state index contributed by atoms with van der Waals surface area (Å²) in [5.74, 6) is 5.45. The van der Waals surface area contributed by atoms with E-state index in [0.717, 1.165) is 18.5 Å². The zero-order chi connectivity index (χ0) is 15.6. The number of nitrogens with two attached hydrogens (primary N) is 1. The monoisotopic (exact) mass is 379 g/mol. The fraction of sp³-hybridized carbons (Fsp3) is 0.154. The molecule has 1 heterocycles. The number of rotatable bonds is 3. The average molecular weight is 381 g/mol. The summed E-state index contributed by atoms with van der Waals surface area (Å²) in [6.45, 7) is 0. The number of aromatic nitrogens is 1. The van der Waals surface area contributed by atoms with Gasteiger partial charge in [0.05, 0.1) is 11.6 Å².